The average molecular weight is 226 g/mol. The highest BCUT2D eigenvalue weighted by Crippen LogP contribution is 2.23. The lowest BCUT2D eigenvalue weighted by Gasteiger charge is -2.34. The maximum Gasteiger partial charge on any atom is 0.303 e. The predicted octanol–water partition coefficient (Wildman–Crippen LogP) is -0.659. The number of hydrogen-bond acceptors (Lipinski definition) is 3. The summed E-state index contributed by atoms with van der Waals surface area (Å²) in [5, 5.41) is 11.1. The fraction of sp³-hybridized carbons (Fsp3) is 0.700. The fourth-order valence-corrected chi connectivity index (χ4v) is 2.30. The Morgan fingerprint density at radius 2 is 2.25 bits per heavy atom. The quantitative estimate of drug-likeness (QED) is 0.669. The lowest BCUT2D eigenvalue weighted by molar-refractivity contribution is -0.147. The van der Waals surface area contributed by atoms with Crippen molar-refractivity contribution < 1.29 is 19.5 Å². The van der Waals surface area contributed by atoms with Crippen LogP contribution in [0, 0.1) is 0 Å². The molecule has 0 aromatic rings. The number of piperazine rings is 1. The number of nitrogens with one attached hydrogen (secondary N) is 1. The number of carboxylic acids is 1. The molecular formula is C10H14N2O4. The Balaban J connectivity index is 2.02. The highest BCUT2D eigenvalue weighted by atomic mass is 16.4. The molecule has 2 fully saturated rings. The van der Waals surface area contributed by atoms with Crippen LogP contribution in [0.4, 0.5) is 0 Å². The zero-order valence-corrected chi connectivity index (χ0v) is 8.81. The third-order valence-electron chi connectivity index (χ3n) is 3.10. The molecule has 0 aromatic carbocycles. The molecule has 6 nitrogen and oxygen atoms in total. The summed E-state index contributed by atoms with van der Waals surface area (Å²) < 4.78 is 0. The van der Waals surface area contributed by atoms with Crippen molar-refractivity contribution in [3.8, 4) is 0 Å². The molecule has 88 valence electrons. The first-order valence-electron chi connectivity index (χ1n) is 5.42. The number of fused-ring (bicyclic) bond motifs is 1. The molecule has 2 rings (SSSR count). The predicted molar refractivity (Wildman–Crippen MR) is 53.5 cm³/mol. The van der Waals surface area contributed by atoms with Crippen LogP contribution < -0.4 is 5.32 Å². The van der Waals surface area contributed by atoms with Gasteiger partial charge in [0.2, 0.25) is 11.8 Å². The van der Waals surface area contributed by atoms with Gasteiger partial charge in [0, 0.05) is 13.0 Å². The van der Waals surface area contributed by atoms with Gasteiger partial charge in [-0.3, -0.25) is 14.4 Å². The van der Waals surface area contributed by atoms with Crippen molar-refractivity contribution in [2.75, 3.05) is 6.54 Å². The fourth-order valence-electron chi connectivity index (χ4n) is 2.30. The topological polar surface area (TPSA) is 86.7 Å². The van der Waals surface area contributed by atoms with Crippen molar-refractivity contribution in [2.24, 2.45) is 0 Å². The average Bonchev–Trinajstić information content (AvgIpc) is 2.70. The molecule has 2 aliphatic heterocycles. The molecule has 2 heterocycles. The van der Waals surface area contributed by atoms with Crippen LogP contribution in [-0.4, -0.2) is 46.4 Å². The van der Waals surface area contributed by atoms with Gasteiger partial charge in [-0.15, -0.1) is 0 Å². The van der Waals surface area contributed by atoms with Gasteiger partial charge in [0.1, 0.15) is 12.1 Å². The molecule has 2 amide bonds. The zero-order chi connectivity index (χ0) is 11.7. The van der Waals surface area contributed by atoms with Crippen LogP contribution in [0.5, 0.6) is 0 Å². The third kappa shape index (κ3) is 1.87. The van der Waals surface area contributed by atoms with E-state index >= 15 is 0 Å². The first kappa shape index (κ1) is 10.9. The van der Waals surface area contributed by atoms with Crippen LogP contribution in [0.3, 0.4) is 0 Å². The highest BCUT2D eigenvalue weighted by Gasteiger charge is 2.42. The number of carbonyl (C=O) groups excluding carboxylic acids is 2. The van der Waals surface area contributed by atoms with Gasteiger partial charge in [-0.25, -0.2) is 0 Å². The molecule has 0 spiro atoms. The standard InChI is InChI=1S/C10H14N2O4/c13-8(14)4-3-6-10(16)12-5-1-2-7(12)9(15)11-6/h6-7H,1-5H2,(H,11,15)(H,13,14)/t6-,7-/m1/s1. The molecule has 2 N–H and O–H groups in total. The minimum absolute atomic E-state index is 0.102. The molecule has 0 aliphatic carbocycles. The summed E-state index contributed by atoms with van der Waals surface area (Å²) in [5.41, 5.74) is 0. The van der Waals surface area contributed by atoms with Gasteiger partial charge in [0.05, 0.1) is 0 Å². The van der Waals surface area contributed by atoms with Crippen molar-refractivity contribution in [1.29, 1.82) is 0 Å². The summed E-state index contributed by atoms with van der Waals surface area (Å²) >= 11 is 0. The second kappa shape index (κ2) is 4.11. The maximum atomic E-state index is 11.9. The molecule has 2 atom stereocenters. The number of rotatable bonds is 3. The Hall–Kier alpha value is -1.59. The van der Waals surface area contributed by atoms with Crippen molar-refractivity contribution in [3.63, 3.8) is 0 Å². The van der Waals surface area contributed by atoms with Gasteiger partial charge < -0.3 is 15.3 Å². The van der Waals surface area contributed by atoms with Crippen LogP contribution >= 0.6 is 0 Å². The molecule has 6 heteroatoms. The van der Waals surface area contributed by atoms with E-state index in [9.17, 15) is 14.4 Å². The second-order valence-electron chi connectivity index (χ2n) is 4.18. The number of hydrogen-bond donors (Lipinski definition) is 2. The SMILES string of the molecule is O=C(O)CC[C@H]1NC(=O)[C@H]2CCCN2C1=O. The van der Waals surface area contributed by atoms with Crippen molar-refractivity contribution in [3.05, 3.63) is 0 Å². The van der Waals surface area contributed by atoms with E-state index in [1.807, 2.05) is 0 Å². The van der Waals surface area contributed by atoms with Gasteiger partial charge in [-0.05, 0) is 19.3 Å². The minimum atomic E-state index is -0.953. The molecule has 0 radical (unpaired) electrons. The van der Waals surface area contributed by atoms with E-state index in [1.54, 1.807) is 4.90 Å². The number of nitrogens with zero attached hydrogens (tertiary/aromatic N) is 1. The van der Waals surface area contributed by atoms with Crippen molar-refractivity contribution >= 4 is 17.8 Å². The second-order valence-corrected chi connectivity index (χ2v) is 4.18. The smallest absolute Gasteiger partial charge is 0.303 e. The van der Waals surface area contributed by atoms with E-state index in [-0.39, 0.29) is 30.7 Å². The van der Waals surface area contributed by atoms with Crippen LogP contribution in [-0.2, 0) is 14.4 Å². The van der Waals surface area contributed by atoms with Gasteiger partial charge in [0.25, 0.3) is 0 Å². The van der Waals surface area contributed by atoms with E-state index in [2.05, 4.69) is 5.32 Å². The Morgan fingerprint density at radius 3 is 2.94 bits per heavy atom. The van der Waals surface area contributed by atoms with Gasteiger partial charge in [-0.2, -0.15) is 0 Å². The van der Waals surface area contributed by atoms with Crippen molar-refractivity contribution in [1.82, 2.24) is 10.2 Å². The first-order chi connectivity index (χ1) is 7.59. The molecular weight excluding hydrogens is 212 g/mol. The lowest BCUT2D eigenvalue weighted by Crippen LogP contribution is -2.61. The molecule has 0 saturated carbocycles. The Bertz CT molecular complexity index is 342. The lowest BCUT2D eigenvalue weighted by atomic mass is 10.0. The molecule has 2 aliphatic rings. The summed E-state index contributed by atoms with van der Waals surface area (Å²) in [6.45, 7) is 0.612. The first-order valence-corrected chi connectivity index (χ1v) is 5.42. The minimum Gasteiger partial charge on any atom is -0.481 e. The number of carboxylic acid groups (broad SMARTS) is 1. The molecule has 0 aromatic heterocycles. The van der Waals surface area contributed by atoms with Gasteiger partial charge in [-0.1, -0.05) is 0 Å². The van der Waals surface area contributed by atoms with Gasteiger partial charge >= 0.3 is 5.97 Å². The molecule has 2 saturated heterocycles. The monoisotopic (exact) mass is 226 g/mol. The largest absolute Gasteiger partial charge is 0.481 e. The van der Waals surface area contributed by atoms with E-state index in [1.165, 1.54) is 0 Å². The number of amides is 2. The summed E-state index contributed by atoms with van der Waals surface area (Å²) in [5.74, 6) is -1.23. The van der Waals surface area contributed by atoms with Crippen LogP contribution in [0.25, 0.3) is 0 Å². The highest BCUT2D eigenvalue weighted by molar-refractivity contribution is 5.97. The van der Waals surface area contributed by atoms with Crippen LogP contribution in [0.15, 0.2) is 0 Å². The molecule has 16 heavy (non-hydrogen) atoms. The van der Waals surface area contributed by atoms with Crippen LogP contribution in [0.2, 0.25) is 0 Å². The van der Waals surface area contributed by atoms with Crippen molar-refractivity contribution in [2.45, 2.75) is 37.8 Å². The Morgan fingerprint density at radius 1 is 1.50 bits per heavy atom. The maximum absolute atomic E-state index is 11.9. The summed E-state index contributed by atoms with van der Waals surface area (Å²) in [7, 11) is 0. The molecule has 0 bridgehead atoms. The van der Waals surface area contributed by atoms with E-state index in [0.29, 0.717) is 13.0 Å². The Kier molecular flexibility index (Phi) is 2.80. The summed E-state index contributed by atoms with van der Waals surface area (Å²) in [6.07, 6.45) is 1.62. The zero-order valence-electron chi connectivity index (χ0n) is 8.81. The summed E-state index contributed by atoms with van der Waals surface area (Å²) in [6, 6.07) is -0.980. The summed E-state index contributed by atoms with van der Waals surface area (Å²) in [4.78, 5) is 35.5. The normalized spacial score (nSPS) is 28.9. The number of aliphatic carboxylic acids is 1. The van der Waals surface area contributed by atoms with Gasteiger partial charge in [0.15, 0.2) is 0 Å². The molecule has 0 unspecified atom stereocenters. The Labute approximate surface area is 92.6 Å². The van der Waals surface area contributed by atoms with E-state index in [4.69, 9.17) is 5.11 Å². The third-order valence-corrected chi connectivity index (χ3v) is 3.10. The number of carbonyl (C=O) groups is 3. The van der Waals surface area contributed by atoms with E-state index in [0.717, 1.165) is 6.42 Å². The van der Waals surface area contributed by atoms with E-state index < -0.39 is 12.0 Å². The van der Waals surface area contributed by atoms with Crippen LogP contribution in [0.1, 0.15) is 25.7 Å².